The third-order valence-electron chi connectivity index (χ3n) is 5.95. The van der Waals surface area contributed by atoms with Crippen LogP contribution in [0.15, 0.2) is 6.20 Å². The van der Waals surface area contributed by atoms with E-state index in [1.165, 1.54) is 32.1 Å². The molecule has 5 rings (SSSR count). The van der Waals surface area contributed by atoms with Crippen LogP contribution >= 0.6 is 0 Å². The molecule has 1 aromatic rings. The molecule has 0 amide bonds. The van der Waals surface area contributed by atoms with Gasteiger partial charge in [0.2, 0.25) is 0 Å². The summed E-state index contributed by atoms with van der Waals surface area (Å²) >= 11 is 0. The van der Waals surface area contributed by atoms with E-state index in [-0.39, 0.29) is 0 Å². The zero-order chi connectivity index (χ0) is 12.3. The summed E-state index contributed by atoms with van der Waals surface area (Å²) in [4.78, 5) is 0. The summed E-state index contributed by atoms with van der Waals surface area (Å²) in [5.74, 6) is 4.95. The van der Waals surface area contributed by atoms with E-state index in [0.717, 1.165) is 47.5 Å². The monoisotopic (exact) mass is 245 g/mol. The number of hydrogen-bond acceptors (Lipinski definition) is 2. The fraction of sp³-hybridized carbons (Fsp3) is 0.800. The van der Waals surface area contributed by atoms with Crippen molar-refractivity contribution in [3.05, 3.63) is 11.9 Å². The summed E-state index contributed by atoms with van der Waals surface area (Å²) in [5, 5.41) is 4.46. The maximum Gasteiger partial charge on any atom is 0.0730 e. The van der Waals surface area contributed by atoms with Crippen LogP contribution in [-0.4, -0.2) is 9.78 Å². The average Bonchev–Trinajstić information content (AvgIpc) is 2.64. The number of anilines is 1. The second kappa shape index (κ2) is 3.75. The number of nitrogens with two attached hydrogens (primary N) is 1. The van der Waals surface area contributed by atoms with Crippen LogP contribution in [0.2, 0.25) is 0 Å². The predicted octanol–water partition coefficient (Wildman–Crippen LogP) is 2.85. The lowest BCUT2D eigenvalue weighted by Gasteiger charge is -2.54. The molecule has 98 valence electrons. The number of hydrogen-bond donors (Lipinski definition) is 1. The van der Waals surface area contributed by atoms with Gasteiger partial charge in [-0.1, -0.05) is 0 Å². The molecule has 0 atom stereocenters. The lowest BCUT2D eigenvalue weighted by molar-refractivity contribution is -0.0444. The molecule has 1 aromatic heterocycles. The molecule has 4 fully saturated rings. The first-order chi connectivity index (χ1) is 8.70. The van der Waals surface area contributed by atoms with Crippen LogP contribution in [0.25, 0.3) is 0 Å². The summed E-state index contributed by atoms with van der Waals surface area (Å²) in [5.41, 5.74) is 7.91. The van der Waals surface area contributed by atoms with E-state index in [0.29, 0.717) is 0 Å². The van der Waals surface area contributed by atoms with E-state index in [1.54, 1.807) is 0 Å². The highest BCUT2D eigenvalue weighted by Gasteiger charge is 2.48. The lowest BCUT2D eigenvalue weighted by Crippen LogP contribution is -2.46. The Hall–Kier alpha value is -0.990. The van der Waals surface area contributed by atoms with Crippen molar-refractivity contribution in [3.8, 4) is 0 Å². The van der Waals surface area contributed by atoms with Crippen molar-refractivity contribution in [1.82, 2.24) is 9.78 Å². The Labute approximate surface area is 109 Å². The van der Waals surface area contributed by atoms with Crippen LogP contribution in [0.1, 0.15) is 37.8 Å². The Morgan fingerprint density at radius 2 is 1.78 bits per heavy atom. The molecular weight excluding hydrogens is 222 g/mol. The summed E-state index contributed by atoms with van der Waals surface area (Å²) in [6.45, 7) is 3.20. The van der Waals surface area contributed by atoms with Crippen LogP contribution in [0.5, 0.6) is 0 Å². The van der Waals surface area contributed by atoms with Crippen molar-refractivity contribution in [1.29, 1.82) is 0 Å². The molecule has 0 aliphatic heterocycles. The molecule has 3 heteroatoms. The number of aromatic nitrogens is 2. The van der Waals surface area contributed by atoms with Gasteiger partial charge in [0.05, 0.1) is 17.6 Å². The summed E-state index contributed by atoms with van der Waals surface area (Å²) < 4.78 is 2.16. The van der Waals surface area contributed by atoms with Gasteiger partial charge in [-0.3, -0.25) is 4.68 Å². The maximum absolute atomic E-state index is 5.91. The van der Waals surface area contributed by atoms with Gasteiger partial charge in [-0.15, -0.1) is 0 Å². The highest BCUT2D eigenvalue weighted by molar-refractivity contribution is 5.39. The van der Waals surface area contributed by atoms with Crippen molar-refractivity contribution in [2.45, 2.75) is 45.6 Å². The molecule has 0 saturated heterocycles. The van der Waals surface area contributed by atoms with Gasteiger partial charge in [-0.05, 0) is 68.6 Å². The molecule has 18 heavy (non-hydrogen) atoms. The first kappa shape index (κ1) is 10.9. The third kappa shape index (κ3) is 1.52. The van der Waals surface area contributed by atoms with E-state index in [9.17, 15) is 0 Å². The van der Waals surface area contributed by atoms with E-state index in [2.05, 4.69) is 16.7 Å². The summed E-state index contributed by atoms with van der Waals surface area (Å²) in [6.07, 6.45) is 9.32. The Morgan fingerprint density at radius 1 is 1.17 bits per heavy atom. The van der Waals surface area contributed by atoms with Crippen LogP contribution in [-0.2, 0) is 6.54 Å². The SMILES string of the molecule is Cc1c(N)cnn1CC1C2CC3CC(C2)CC1C3. The Morgan fingerprint density at radius 3 is 2.28 bits per heavy atom. The first-order valence-corrected chi connectivity index (χ1v) is 7.48. The van der Waals surface area contributed by atoms with E-state index < -0.39 is 0 Å². The molecule has 0 aromatic carbocycles. The fourth-order valence-electron chi connectivity index (χ4n) is 5.18. The van der Waals surface area contributed by atoms with Crippen LogP contribution in [0.3, 0.4) is 0 Å². The highest BCUT2D eigenvalue weighted by atomic mass is 15.3. The van der Waals surface area contributed by atoms with E-state index in [1.807, 2.05) is 6.20 Å². The van der Waals surface area contributed by atoms with Gasteiger partial charge in [0.15, 0.2) is 0 Å². The lowest BCUT2D eigenvalue weighted by atomic mass is 9.52. The molecule has 2 N–H and O–H groups in total. The Balaban J connectivity index is 1.57. The number of nitrogen functional groups attached to an aromatic ring is 1. The molecule has 4 bridgehead atoms. The zero-order valence-electron chi connectivity index (χ0n) is 11.2. The smallest absolute Gasteiger partial charge is 0.0730 e. The normalized spacial score (nSPS) is 41.5. The van der Waals surface area contributed by atoms with Gasteiger partial charge in [0, 0.05) is 6.54 Å². The Kier molecular flexibility index (Phi) is 2.27. The zero-order valence-corrected chi connectivity index (χ0v) is 11.2. The largest absolute Gasteiger partial charge is 0.396 e. The number of nitrogens with zero attached hydrogens (tertiary/aromatic N) is 2. The van der Waals surface area contributed by atoms with Crippen molar-refractivity contribution in [3.63, 3.8) is 0 Å². The topological polar surface area (TPSA) is 43.8 Å². The van der Waals surface area contributed by atoms with E-state index in [4.69, 9.17) is 5.73 Å². The van der Waals surface area contributed by atoms with Crippen molar-refractivity contribution >= 4 is 5.69 Å². The Bertz CT molecular complexity index is 434. The predicted molar refractivity (Wildman–Crippen MR) is 71.9 cm³/mol. The minimum absolute atomic E-state index is 0.846. The van der Waals surface area contributed by atoms with Gasteiger partial charge in [-0.2, -0.15) is 5.10 Å². The minimum atomic E-state index is 0.846. The van der Waals surface area contributed by atoms with Gasteiger partial charge in [0.25, 0.3) is 0 Å². The molecule has 0 radical (unpaired) electrons. The third-order valence-corrected chi connectivity index (χ3v) is 5.95. The molecule has 4 aliphatic carbocycles. The molecular formula is C15H23N3. The van der Waals surface area contributed by atoms with Crippen LogP contribution in [0.4, 0.5) is 5.69 Å². The highest BCUT2D eigenvalue weighted by Crippen LogP contribution is 2.56. The van der Waals surface area contributed by atoms with E-state index >= 15 is 0 Å². The van der Waals surface area contributed by atoms with Gasteiger partial charge in [0.1, 0.15) is 0 Å². The van der Waals surface area contributed by atoms with Crippen LogP contribution in [0, 0.1) is 36.5 Å². The second-order valence-corrected chi connectivity index (χ2v) is 6.96. The summed E-state index contributed by atoms with van der Waals surface area (Å²) in [6, 6.07) is 0. The molecule has 4 aliphatic rings. The average molecular weight is 245 g/mol. The number of rotatable bonds is 2. The van der Waals surface area contributed by atoms with Crippen LogP contribution < -0.4 is 5.73 Å². The minimum Gasteiger partial charge on any atom is -0.396 e. The molecule has 0 spiro atoms. The quantitative estimate of drug-likeness (QED) is 0.870. The standard InChI is InChI=1S/C15H23N3/c1-9-15(16)7-17-18(9)8-14-12-3-10-2-11(5-12)6-13(14)4-10/h7,10-14H,2-6,8,16H2,1H3. The van der Waals surface area contributed by atoms with Crippen molar-refractivity contribution in [2.75, 3.05) is 5.73 Å². The fourth-order valence-corrected chi connectivity index (χ4v) is 5.18. The van der Waals surface area contributed by atoms with Crippen molar-refractivity contribution in [2.24, 2.45) is 29.6 Å². The second-order valence-electron chi connectivity index (χ2n) is 6.96. The van der Waals surface area contributed by atoms with Crippen molar-refractivity contribution < 1.29 is 0 Å². The molecule has 4 saturated carbocycles. The molecule has 1 heterocycles. The first-order valence-electron chi connectivity index (χ1n) is 7.48. The molecule has 3 nitrogen and oxygen atoms in total. The van der Waals surface area contributed by atoms with Gasteiger partial charge < -0.3 is 5.73 Å². The van der Waals surface area contributed by atoms with Gasteiger partial charge >= 0.3 is 0 Å². The molecule has 0 unspecified atom stereocenters. The van der Waals surface area contributed by atoms with Gasteiger partial charge in [-0.25, -0.2) is 0 Å². The summed E-state index contributed by atoms with van der Waals surface area (Å²) in [7, 11) is 0. The maximum atomic E-state index is 5.91.